The smallest absolute Gasteiger partial charge is 0.293 e. The molecule has 7 aromatic rings. The lowest BCUT2D eigenvalue weighted by Crippen LogP contribution is -2.60. The van der Waals surface area contributed by atoms with Crippen molar-refractivity contribution in [1.29, 1.82) is 0 Å². The van der Waals surface area contributed by atoms with Gasteiger partial charge in [0.05, 0.1) is 45.9 Å². The molecule has 78 heavy (non-hydrogen) atoms. The van der Waals surface area contributed by atoms with Crippen molar-refractivity contribution in [3.05, 3.63) is 142 Å². The molecule has 2 aliphatic heterocycles. The highest BCUT2D eigenvalue weighted by Gasteiger charge is 2.50. The Balaban J connectivity index is 0.788. The van der Waals surface area contributed by atoms with Crippen molar-refractivity contribution >= 4 is 55.0 Å². The highest BCUT2D eigenvalue weighted by molar-refractivity contribution is 7.90. The fourth-order valence-electron chi connectivity index (χ4n) is 12.6. The number of anilines is 2. The Morgan fingerprint density at radius 1 is 0.987 bits per heavy atom. The van der Waals surface area contributed by atoms with Crippen LogP contribution < -0.4 is 24.4 Å². The molecular weight excluding hydrogens is 1020 g/mol. The lowest BCUT2D eigenvalue weighted by Gasteiger charge is -2.58. The summed E-state index contributed by atoms with van der Waals surface area (Å²) < 4.78 is 62.4. The van der Waals surface area contributed by atoms with E-state index in [9.17, 15) is 32.8 Å². The number of aliphatic hydroxyl groups is 1. The Kier molecular flexibility index (Phi) is 14.5. The standard InChI is InChI=1S/C59H67FN8O9S/c1-37(2)45-7-5-6-8-46(45)52-36-65(35-39-25-40-15-24-76-55(40)54(26-39)75-4)22-23-67(52)42-30-59(31-42)18-20-66(21-19-59)41-9-11-47(53(27-41)77-43-28-48-49(60)34-63-56(48)62-33-43)57(69)64-78(73,74)44-10-12-50(51(29-44)68(71)72)61-32-38-13-16-58(3,70)17-14-38/h5-12,15,24-29,33-34,37-38,42,52,61,70H,13-14,16-23,30-32,35-36H2,1-4H3,(H,62,63)(H,64,69). The minimum atomic E-state index is -4.65. The summed E-state index contributed by atoms with van der Waals surface area (Å²) in [6.07, 6.45) is 11.1. The largest absolute Gasteiger partial charge is 0.493 e. The molecule has 4 N–H and O–H groups in total. The van der Waals surface area contributed by atoms with E-state index in [4.69, 9.17) is 13.9 Å². The number of hydrogen-bond donors (Lipinski definition) is 4. The number of sulfonamides is 1. The maximum absolute atomic E-state index is 14.8. The number of aromatic amines is 1. The number of halogens is 1. The van der Waals surface area contributed by atoms with Crippen molar-refractivity contribution < 1.29 is 41.5 Å². The number of benzene rings is 4. The second-order valence-electron chi connectivity index (χ2n) is 22.6. The number of pyridine rings is 1. The van der Waals surface area contributed by atoms with Crippen LogP contribution in [0.4, 0.5) is 21.5 Å². The van der Waals surface area contributed by atoms with E-state index in [1.807, 2.05) is 6.07 Å². The van der Waals surface area contributed by atoms with Gasteiger partial charge in [-0.25, -0.2) is 22.5 Å². The lowest BCUT2D eigenvalue weighted by molar-refractivity contribution is -0.384. The van der Waals surface area contributed by atoms with Crippen LogP contribution in [0.1, 0.15) is 111 Å². The lowest BCUT2D eigenvalue weighted by atomic mass is 9.59. The fraction of sp³-hybridized carbons (Fsp3) is 0.424. The number of nitro groups is 1. The van der Waals surface area contributed by atoms with E-state index in [1.165, 1.54) is 53.3 Å². The Morgan fingerprint density at radius 2 is 1.77 bits per heavy atom. The van der Waals surface area contributed by atoms with E-state index in [2.05, 4.69) is 85.0 Å². The molecule has 4 fully saturated rings. The van der Waals surface area contributed by atoms with Crippen LogP contribution in [-0.2, 0) is 16.6 Å². The number of aromatic nitrogens is 2. The molecule has 17 nitrogen and oxygen atoms in total. The highest BCUT2D eigenvalue weighted by atomic mass is 32.2. The second kappa shape index (κ2) is 21.3. The Labute approximate surface area is 453 Å². The summed E-state index contributed by atoms with van der Waals surface area (Å²) in [6, 6.07) is 25.7. The number of amides is 1. The molecule has 1 spiro atoms. The Bertz CT molecular complexity index is 3480. The van der Waals surface area contributed by atoms with Gasteiger partial charge < -0.3 is 34.2 Å². The summed E-state index contributed by atoms with van der Waals surface area (Å²) in [5.74, 6) is -0.130. The number of nitrogens with zero attached hydrogens (tertiary/aromatic N) is 5. The van der Waals surface area contributed by atoms with E-state index >= 15 is 0 Å². The number of fused-ring (bicyclic) bond motifs is 2. The number of ether oxygens (including phenoxy) is 2. The van der Waals surface area contributed by atoms with Crippen molar-refractivity contribution in [2.45, 2.75) is 107 Å². The van der Waals surface area contributed by atoms with Crippen molar-refractivity contribution in [2.75, 3.05) is 56.6 Å². The van der Waals surface area contributed by atoms with Crippen LogP contribution in [0.15, 0.2) is 113 Å². The number of rotatable bonds is 16. The van der Waals surface area contributed by atoms with Crippen LogP contribution in [-0.4, -0.2) is 102 Å². The van der Waals surface area contributed by atoms with Gasteiger partial charge in [0.1, 0.15) is 28.7 Å². The number of piperazine rings is 1. The van der Waals surface area contributed by atoms with Crippen LogP contribution >= 0.6 is 0 Å². The van der Waals surface area contributed by atoms with Crippen LogP contribution in [0.5, 0.6) is 17.2 Å². The predicted octanol–water partition coefficient (Wildman–Crippen LogP) is 11.1. The molecule has 4 aromatic carbocycles. The molecule has 19 heteroatoms. The number of carbonyl (C=O) groups excluding carboxylic acids is 1. The molecule has 3 aromatic heterocycles. The number of furan rings is 1. The first-order valence-electron chi connectivity index (χ1n) is 27.1. The highest BCUT2D eigenvalue weighted by Crippen LogP contribution is 2.53. The first kappa shape index (κ1) is 53.0. The molecule has 2 saturated heterocycles. The monoisotopic (exact) mass is 1080 g/mol. The number of piperidine rings is 1. The van der Waals surface area contributed by atoms with Gasteiger partial charge in [0.15, 0.2) is 11.3 Å². The van der Waals surface area contributed by atoms with Crippen molar-refractivity contribution in [3.8, 4) is 17.2 Å². The summed E-state index contributed by atoms with van der Waals surface area (Å²) in [4.78, 5) is 39.9. The fourth-order valence-corrected chi connectivity index (χ4v) is 13.6. The number of methoxy groups -OCH3 is 1. The first-order valence-corrected chi connectivity index (χ1v) is 28.5. The maximum atomic E-state index is 14.8. The van der Waals surface area contributed by atoms with E-state index < -0.39 is 42.9 Å². The zero-order valence-electron chi connectivity index (χ0n) is 44.5. The summed E-state index contributed by atoms with van der Waals surface area (Å²) in [6.45, 7) is 11.9. The van der Waals surface area contributed by atoms with Crippen molar-refractivity contribution in [2.24, 2.45) is 11.3 Å². The van der Waals surface area contributed by atoms with Gasteiger partial charge in [-0.2, -0.15) is 0 Å². The summed E-state index contributed by atoms with van der Waals surface area (Å²) >= 11 is 0. The molecule has 5 heterocycles. The predicted molar refractivity (Wildman–Crippen MR) is 296 cm³/mol. The maximum Gasteiger partial charge on any atom is 0.293 e. The molecule has 4 aliphatic rings. The SMILES string of the molecule is COc1cc(CN2CCN(C3CC4(CCN(c5ccc(C(=O)NS(=O)(=O)c6ccc(NCC7CCC(C)(O)CC7)c([N+](=O)[O-])c6)c(Oc6cnc7[nH]cc(F)c7c6)c5)CC4)C3)C(c3ccccc3C(C)C)C2)cc2ccoc12. The topological polar surface area (TPSA) is 209 Å². The number of carbonyl (C=O) groups is 1. The summed E-state index contributed by atoms with van der Waals surface area (Å²) in [5.41, 5.74) is 4.80. The van der Waals surface area contributed by atoms with Gasteiger partial charge in [0.25, 0.3) is 21.6 Å². The minimum Gasteiger partial charge on any atom is -0.493 e. The third-order valence-corrected chi connectivity index (χ3v) is 18.4. The van der Waals surface area contributed by atoms with Crippen LogP contribution in [0.3, 0.4) is 0 Å². The van der Waals surface area contributed by atoms with E-state index in [1.54, 1.807) is 32.4 Å². The van der Waals surface area contributed by atoms with Crippen LogP contribution in [0.2, 0.25) is 0 Å². The molecule has 410 valence electrons. The van der Waals surface area contributed by atoms with Crippen molar-refractivity contribution in [1.82, 2.24) is 24.5 Å². The molecule has 1 unspecified atom stereocenters. The average Bonchev–Trinajstić information content (AvgIpc) is 4.21. The third kappa shape index (κ3) is 10.9. The zero-order chi connectivity index (χ0) is 54.5. The molecule has 0 bridgehead atoms. The molecule has 1 amide bonds. The van der Waals surface area contributed by atoms with Gasteiger partial charge >= 0.3 is 0 Å². The Morgan fingerprint density at radius 3 is 2.53 bits per heavy atom. The molecule has 2 aliphatic carbocycles. The van der Waals surface area contributed by atoms with E-state index in [0.29, 0.717) is 37.0 Å². The number of nitro benzene ring substituents is 1. The zero-order valence-corrected chi connectivity index (χ0v) is 45.3. The number of H-pyrrole nitrogens is 1. The number of hydrogen-bond acceptors (Lipinski definition) is 14. The molecule has 2 saturated carbocycles. The van der Waals surface area contributed by atoms with Gasteiger partial charge in [-0.15, -0.1) is 0 Å². The quantitative estimate of drug-likeness (QED) is 0.0524. The van der Waals surface area contributed by atoms with Gasteiger partial charge in [-0.05, 0) is 141 Å². The normalized spacial score (nSPS) is 21.2. The van der Waals surface area contributed by atoms with E-state index in [-0.39, 0.29) is 45.5 Å². The first-order chi connectivity index (χ1) is 37.4. The van der Waals surface area contributed by atoms with Gasteiger partial charge in [-0.3, -0.25) is 24.7 Å². The molecule has 1 atom stereocenters. The Hall–Kier alpha value is -7.06. The minimum absolute atomic E-state index is 0.0177. The van der Waals surface area contributed by atoms with Gasteiger partial charge in [0.2, 0.25) is 0 Å². The molecule has 11 rings (SSSR count). The van der Waals surface area contributed by atoms with Gasteiger partial charge in [-0.1, -0.05) is 38.1 Å². The third-order valence-electron chi connectivity index (χ3n) is 17.0. The molecule has 0 radical (unpaired) electrons. The van der Waals surface area contributed by atoms with Crippen molar-refractivity contribution in [3.63, 3.8) is 0 Å². The summed E-state index contributed by atoms with van der Waals surface area (Å²) in [5, 5.41) is 26.9. The second-order valence-corrected chi connectivity index (χ2v) is 24.3. The summed E-state index contributed by atoms with van der Waals surface area (Å²) in [7, 11) is -2.97. The van der Waals surface area contributed by atoms with Crippen LogP contribution in [0, 0.1) is 27.3 Å². The van der Waals surface area contributed by atoms with Gasteiger partial charge in [0, 0.05) is 87.3 Å². The van der Waals surface area contributed by atoms with E-state index in [0.717, 1.165) is 106 Å². The number of nitrogens with one attached hydrogen (secondary N) is 3. The average molecular weight is 1080 g/mol. The molecular formula is C59H67FN8O9S. The van der Waals surface area contributed by atoms with Crippen LogP contribution in [0.25, 0.3) is 22.0 Å².